The summed E-state index contributed by atoms with van der Waals surface area (Å²) in [6.45, 7) is 4.32. The minimum Gasteiger partial charge on any atom is -0.340 e. The highest BCUT2D eigenvalue weighted by molar-refractivity contribution is 5.95. The minimum absolute atomic E-state index is 0.00388. The van der Waals surface area contributed by atoms with Crippen LogP contribution in [0.5, 0.6) is 0 Å². The molecule has 1 saturated carbocycles. The van der Waals surface area contributed by atoms with Crippen LogP contribution in [0.15, 0.2) is 18.2 Å². The van der Waals surface area contributed by atoms with Crippen molar-refractivity contribution in [3.8, 4) is 0 Å². The number of hydrogen-bond acceptors (Lipinski definition) is 3. The molecule has 2 aliphatic rings. The van der Waals surface area contributed by atoms with Gasteiger partial charge in [-0.25, -0.2) is 8.78 Å². The summed E-state index contributed by atoms with van der Waals surface area (Å²) in [5, 5.41) is 2.65. The van der Waals surface area contributed by atoms with Crippen molar-refractivity contribution in [3.05, 3.63) is 29.8 Å². The van der Waals surface area contributed by atoms with E-state index in [2.05, 4.69) is 10.2 Å². The van der Waals surface area contributed by atoms with Gasteiger partial charge in [-0.3, -0.25) is 14.5 Å². The van der Waals surface area contributed by atoms with Crippen molar-refractivity contribution in [2.24, 2.45) is 5.92 Å². The lowest BCUT2D eigenvalue weighted by molar-refractivity contribution is -0.134. The van der Waals surface area contributed by atoms with Gasteiger partial charge in [0.2, 0.25) is 11.8 Å². The number of carbonyl (C=O) groups excluding carboxylic acids is 2. The summed E-state index contributed by atoms with van der Waals surface area (Å²) < 4.78 is 27.1. The largest absolute Gasteiger partial charge is 0.340 e. The number of nitrogens with one attached hydrogen (secondary N) is 1. The summed E-state index contributed by atoms with van der Waals surface area (Å²) in [6, 6.07) is 2.82. The number of nitrogens with zero attached hydrogens (tertiary/aromatic N) is 2. The topological polar surface area (TPSA) is 52.7 Å². The molecule has 148 valence electrons. The van der Waals surface area contributed by atoms with Crippen LogP contribution in [0.25, 0.3) is 0 Å². The molecule has 0 spiro atoms. The first kappa shape index (κ1) is 19.7. The molecule has 0 bridgehead atoms. The maximum Gasteiger partial charge on any atom is 0.242 e. The molecule has 0 radical (unpaired) electrons. The van der Waals surface area contributed by atoms with Crippen LogP contribution in [0.3, 0.4) is 0 Å². The summed E-state index contributed by atoms with van der Waals surface area (Å²) >= 11 is 0. The predicted octanol–water partition coefficient (Wildman–Crippen LogP) is 3.02. The van der Waals surface area contributed by atoms with Gasteiger partial charge in [0.05, 0.1) is 11.7 Å². The Kier molecular flexibility index (Phi) is 6.42. The molecule has 0 aromatic heterocycles. The standard InChI is InChI=1S/C20H27F2N3O2/c1-2-18(26)24-9-11-25(12-10-24)19(14-5-3-4-6-14)20(27)23-17-8-7-15(21)13-16(17)22/h7-8,13-14,19H,2-6,9-12H2,1H3,(H,23,27)/t19-/m1/s1. The quantitative estimate of drug-likeness (QED) is 0.856. The molecule has 5 nitrogen and oxygen atoms in total. The van der Waals surface area contributed by atoms with E-state index < -0.39 is 11.6 Å². The van der Waals surface area contributed by atoms with Crippen LogP contribution in [0.2, 0.25) is 0 Å². The number of piperazine rings is 1. The fraction of sp³-hybridized carbons (Fsp3) is 0.600. The summed E-state index contributed by atoms with van der Waals surface area (Å²) in [4.78, 5) is 28.9. The lowest BCUT2D eigenvalue weighted by Gasteiger charge is -2.40. The molecule has 1 N–H and O–H groups in total. The van der Waals surface area contributed by atoms with Crippen molar-refractivity contribution in [3.63, 3.8) is 0 Å². The van der Waals surface area contributed by atoms with Crippen LogP contribution in [0.1, 0.15) is 39.0 Å². The first-order valence-electron chi connectivity index (χ1n) is 9.77. The van der Waals surface area contributed by atoms with E-state index in [1.54, 1.807) is 0 Å². The Hall–Kier alpha value is -2.02. The zero-order valence-electron chi connectivity index (χ0n) is 15.7. The molecule has 2 fully saturated rings. The molecule has 1 atom stereocenters. The van der Waals surface area contributed by atoms with Gasteiger partial charge < -0.3 is 10.2 Å². The highest BCUT2D eigenvalue weighted by Crippen LogP contribution is 2.32. The van der Waals surface area contributed by atoms with Crippen LogP contribution in [-0.2, 0) is 9.59 Å². The molecule has 1 heterocycles. The number of benzene rings is 1. The van der Waals surface area contributed by atoms with Gasteiger partial charge >= 0.3 is 0 Å². The fourth-order valence-corrected chi connectivity index (χ4v) is 4.22. The van der Waals surface area contributed by atoms with E-state index in [0.29, 0.717) is 32.6 Å². The molecular weight excluding hydrogens is 352 g/mol. The third-order valence-electron chi connectivity index (χ3n) is 5.67. The average molecular weight is 379 g/mol. The molecule has 7 heteroatoms. The second-order valence-electron chi connectivity index (χ2n) is 7.37. The summed E-state index contributed by atoms with van der Waals surface area (Å²) in [5.41, 5.74) is 0.00388. The van der Waals surface area contributed by atoms with E-state index >= 15 is 0 Å². The van der Waals surface area contributed by atoms with E-state index in [-0.39, 0.29) is 29.5 Å². The van der Waals surface area contributed by atoms with Crippen LogP contribution in [0, 0.1) is 17.6 Å². The normalized spacial score (nSPS) is 19.9. The van der Waals surface area contributed by atoms with Crippen molar-refractivity contribution >= 4 is 17.5 Å². The summed E-state index contributed by atoms with van der Waals surface area (Å²) in [6.07, 6.45) is 4.61. The minimum atomic E-state index is -0.771. The lowest BCUT2D eigenvalue weighted by Crippen LogP contribution is -2.56. The third kappa shape index (κ3) is 4.64. The number of carbonyl (C=O) groups is 2. The van der Waals surface area contributed by atoms with Crippen molar-refractivity contribution in [1.29, 1.82) is 0 Å². The van der Waals surface area contributed by atoms with Crippen LogP contribution < -0.4 is 5.32 Å². The number of halogens is 2. The molecule has 0 unspecified atom stereocenters. The van der Waals surface area contributed by atoms with Crippen molar-refractivity contribution in [1.82, 2.24) is 9.80 Å². The molecule has 27 heavy (non-hydrogen) atoms. The average Bonchev–Trinajstić information content (AvgIpc) is 3.18. The van der Waals surface area contributed by atoms with E-state index in [1.165, 1.54) is 6.07 Å². The second kappa shape index (κ2) is 8.78. The van der Waals surface area contributed by atoms with Crippen molar-refractivity contribution < 1.29 is 18.4 Å². The van der Waals surface area contributed by atoms with Gasteiger partial charge in [-0.2, -0.15) is 0 Å². The second-order valence-corrected chi connectivity index (χ2v) is 7.37. The van der Waals surface area contributed by atoms with Gasteiger partial charge in [0.25, 0.3) is 0 Å². The van der Waals surface area contributed by atoms with E-state index in [4.69, 9.17) is 0 Å². The Bertz CT molecular complexity index is 684. The number of anilines is 1. The summed E-state index contributed by atoms with van der Waals surface area (Å²) in [5.74, 6) is -1.34. The first-order valence-corrected chi connectivity index (χ1v) is 9.77. The van der Waals surface area contributed by atoms with Gasteiger partial charge in [-0.1, -0.05) is 19.8 Å². The zero-order chi connectivity index (χ0) is 19.4. The van der Waals surface area contributed by atoms with Crippen molar-refractivity contribution in [2.75, 3.05) is 31.5 Å². The number of amides is 2. The van der Waals surface area contributed by atoms with Gasteiger partial charge in [0.1, 0.15) is 11.6 Å². The zero-order valence-corrected chi connectivity index (χ0v) is 15.7. The van der Waals surface area contributed by atoms with Crippen molar-refractivity contribution in [2.45, 2.75) is 45.1 Å². The Balaban J connectivity index is 1.71. The molecule has 1 aliphatic carbocycles. The maximum absolute atomic E-state index is 14.0. The molecule has 3 rings (SSSR count). The molecule has 1 aromatic rings. The molecule has 1 aromatic carbocycles. The maximum atomic E-state index is 14.0. The molecular formula is C20H27F2N3O2. The molecule has 1 saturated heterocycles. The Morgan fingerprint density at radius 1 is 1.15 bits per heavy atom. The van der Waals surface area contributed by atoms with Gasteiger partial charge in [0.15, 0.2) is 0 Å². The monoisotopic (exact) mass is 379 g/mol. The number of rotatable bonds is 5. The Morgan fingerprint density at radius 3 is 2.41 bits per heavy atom. The van der Waals surface area contributed by atoms with Gasteiger partial charge in [-0.05, 0) is 30.9 Å². The van der Waals surface area contributed by atoms with Gasteiger partial charge in [0, 0.05) is 38.7 Å². The Labute approximate surface area is 158 Å². The van der Waals surface area contributed by atoms with E-state index in [9.17, 15) is 18.4 Å². The lowest BCUT2D eigenvalue weighted by atomic mass is 9.94. The molecule has 1 aliphatic heterocycles. The summed E-state index contributed by atoms with van der Waals surface area (Å²) in [7, 11) is 0. The first-order chi connectivity index (χ1) is 13.0. The fourth-order valence-electron chi connectivity index (χ4n) is 4.22. The van der Waals surface area contributed by atoms with Gasteiger partial charge in [-0.15, -0.1) is 0 Å². The van der Waals surface area contributed by atoms with Crippen LogP contribution in [0.4, 0.5) is 14.5 Å². The smallest absolute Gasteiger partial charge is 0.242 e. The predicted molar refractivity (Wildman–Crippen MR) is 99.2 cm³/mol. The highest BCUT2D eigenvalue weighted by atomic mass is 19.1. The van der Waals surface area contributed by atoms with E-state index in [0.717, 1.165) is 37.8 Å². The number of hydrogen-bond donors (Lipinski definition) is 1. The SMILES string of the molecule is CCC(=O)N1CCN([C@@H](C(=O)Nc2ccc(F)cc2F)C2CCCC2)CC1. The van der Waals surface area contributed by atoms with Crippen LogP contribution >= 0.6 is 0 Å². The third-order valence-corrected chi connectivity index (χ3v) is 5.67. The molecule has 2 amide bonds. The van der Waals surface area contributed by atoms with Crippen LogP contribution in [-0.4, -0.2) is 53.8 Å². The Morgan fingerprint density at radius 2 is 1.81 bits per heavy atom. The highest BCUT2D eigenvalue weighted by Gasteiger charge is 2.37. The van der Waals surface area contributed by atoms with E-state index in [1.807, 2.05) is 11.8 Å².